The predicted octanol–water partition coefficient (Wildman–Crippen LogP) is 4.06. The molecule has 0 radical (unpaired) electrons. The van der Waals surface area contributed by atoms with Crippen LogP contribution in [0.15, 0.2) is 28.8 Å². The summed E-state index contributed by atoms with van der Waals surface area (Å²) < 4.78 is 5.41. The lowest BCUT2D eigenvalue weighted by atomic mass is 10.0. The molecule has 160 valence electrons. The minimum absolute atomic E-state index is 0. The van der Waals surface area contributed by atoms with Gasteiger partial charge in [-0.25, -0.2) is 0 Å². The number of aliphatic hydroxyl groups is 1. The van der Waals surface area contributed by atoms with Crippen molar-refractivity contribution in [2.24, 2.45) is 5.73 Å². The summed E-state index contributed by atoms with van der Waals surface area (Å²) in [6.07, 6.45) is 8.77. The molecule has 0 spiro atoms. The number of aromatic nitrogens is 2. The van der Waals surface area contributed by atoms with Crippen LogP contribution in [0.1, 0.15) is 69.4 Å². The SMILES string of the molecule is CCCCCCCCc1ccc(-c2noc([C@@H]3C[C@H](O)CN3C(=N)N)n2)cc1.Cl. The van der Waals surface area contributed by atoms with Crippen LogP contribution >= 0.6 is 12.4 Å². The molecule has 0 unspecified atom stereocenters. The molecule has 0 aliphatic carbocycles. The monoisotopic (exact) mass is 421 g/mol. The van der Waals surface area contributed by atoms with Gasteiger partial charge in [0, 0.05) is 18.5 Å². The smallest absolute Gasteiger partial charge is 0.249 e. The Balaban J connectivity index is 0.00000300. The Labute approximate surface area is 178 Å². The quantitative estimate of drug-likeness (QED) is 0.319. The summed E-state index contributed by atoms with van der Waals surface area (Å²) >= 11 is 0. The second-order valence-corrected chi connectivity index (χ2v) is 7.61. The maximum absolute atomic E-state index is 9.88. The second-order valence-electron chi connectivity index (χ2n) is 7.61. The molecule has 0 amide bonds. The predicted molar refractivity (Wildman–Crippen MR) is 116 cm³/mol. The standard InChI is InChI=1S/C21H31N5O2.ClH/c1-2-3-4-5-6-7-8-15-9-11-16(12-10-15)19-24-20(28-25-19)18-13-17(27)14-26(18)21(22)23;/h9-12,17-18,27H,2-8,13-14H2,1H3,(H3,22,23);1H/t17-,18-;/m0./s1. The van der Waals surface area contributed by atoms with Gasteiger partial charge in [-0.2, -0.15) is 4.98 Å². The van der Waals surface area contributed by atoms with E-state index in [1.807, 2.05) is 12.1 Å². The summed E-state index contributed by atoms with van der Waals surface area (Å²) in [6.45, 7) is 2.55. The number of aliphatic hydroxyl groups excluding tert-OH is 1. The molecule has 1 fully saturated rings. The summed E-state index contributed by atoms with van der Waals surface area (Å²) in [6, 6.07) is 7.94. The number of halogens is 1. The van der Waals surface area contributed by atoms with Crippen molar-refractivity contribution in [1.82, 2.24) is 15.0 Å². The Morgan fingerprint density at radius 2 is 1.90 bits per heavy atom. The van der Waals surface area contributed by atoms with Crippen molar-refractivity contribution in [3.63, 3.8) is 0 Å². The highest BCUT2D eigenvalue weighted by Crippen LogP contribution is 2.31. The second kappa shape index (κ2) is 11.2. The summed E-state index contributed by atoms with van der Waals surface area (Å²) in [7, 11) is 0. The molecule has 2 atom stereocenters. The minimum atomic E-state index is -0.550. The number of hydrogen-bond donors (Lipinski definition) is 3. The number of nitrogens with two attached hydrogens (primary N) is 1. The molecule has 29 heavy (non-hydrogen) atoms. The number of nitrogens with one attached hydrogen (secondary N) is 1. The molecule has 1 aliphatic rings. The Kier molecular flexibility index (Phi) is 8.92. The summed E-state index contributed by atoms with van der Waals surface area (Å²) in [5.74, 6) is 0.810. The van der Waals surface area contributed by atoms with Crippen molar-refractivity contribution in [3.05, 3.63) is 35.7 Å². The van der Waals surface area contributed by atoms with E-state index in [9.17, 15) is 5.11 Å². The molecular formula is C21H32ClN5O2. The van der Waals surface area contributed by atoms with Gasteiger partial charge in [-0.15, -0.1) is 12.4 Å². The van der Waals surface area contributed by atoms with Crippen LogP contribution in [0, 0.1) is 5.41 Å². The largest absolute Gasteiger partial charge is 0.391 e. The van der Waals surface area contributed by atoms with Crippen LogP contribution in [0.5, 0.6) is 0 Å². The lowest BCUT2D eigenvalue weighted by Crippen LogP contribution is -2.36. The van der Waals surface area contributed by atoms with Crippen LogP contribution in [0.2, 0.25) is 0 Å². The molecule has 1 aromatic heterocycles. The number of likely N-dealkylation sites (tertiary alicyclic amines) is 1. The Bertz CT molecular complexity index is 765. The van der Waals surface area contributed by atoms with E-state index >= 15 is 0 Å². The van der Waals surface area contributed by atoms with E-state index in [4.69, 9.17) is 15.7 Å². The highest BCUT2D eigenvalue weighted by Gasteiger charge is 2.36. The molecule has 8 heteroatoms. The third-order valence-corrected chi connectivity index (χ3v) is 5.35. The first-order valence-corrected chi connectivity index (χ1v) is 10.3. The fourth-order valence-corrected chi connectivity index (χ4v) is 3.73. The lowest BCUT2D eigenvalue weighted by molar-refractivity contribution is 0.187. The van der Waals surface area contributed by atoms with Crippen molar-refractivity contribution >= 4 is 18.4 Å². The zero-order valence-corrected chi connectivity index (χ0v) is 17.8. The number of benzene rings is 1. The molecule has 3 rings (SSSR count). The van der Waals surface area contributed by atoms with Crippen LogP contribution in [0.4, 0.5) is 0 Å². The number of guanidine groups is 1. The van der Waals surface area contributed by atoms with Crippen molar-refractivity contribution in [1.29, 1.82) is 5.41 Å². The molecule has 4 N–H and O–H groups in total. The van der Waals surface area contributed by atoms with Gasteiger partial charge in [0.05, 0.1) is 6.10 Å². The number of nitrogens with zero attached hydrogens (tertiary/aromatic N) is 3. The van der Waals surface area contributed by atoms with Gasteiger partial charge in [-0.05, 0) is 18.4 Å². The van der Waals surface area contributed by atoms with Crippen molar-refractivity contribution in [2.45, 2.75) is 70.4 Å². The molecule has 1 aromatic carbocycles. The maximum atomic E-state index is 9.88. The summed E-state index contributed by atoms with van der Waals surface area (Å²) in [4.78, 5) is 6.07. The average molecular weight is 422 g/mol. The fourth-order valence-electron chi connectivity index (χ4n) is 3.73. The van der Waals surface area contributed by atoms with E-state index in [0.717, 1.165) is 12.0 Å². The van der Waals surface area contributed by atoms with Gasteiger partial charge in [0.15, 0.2) is 5.96 Å². The van der Waals surface area contributed by atoms with E-state index in [2.05, 4.69) is 29.2 Å². The molecule has 0 bridgehead atoms. The van der Waals surface area contributed by atoms with Crippen molar-refractivity contribution in [2.75, 3.05) is 6.54 Å². The van der Waals surface area contributed by atoms with E-state index in [1.165, 1.54) is 44.1 Å². The Morgan fingerprint density at radius 3 is 2.59 bits per heavy atom. The van der Waals surface area contributed by atoms with Crippen LogP contribution in [0.3, 0.4) is 0 Å². The molecule has 0 saturated carbocycles. The van der Waals surface area contributed by atoms with Gasteiger partial charge >= 0.3 is 0 Å². The zero-order valence-electron chi connectivity index (χ0n) is 17.0. The fraction of sp³-hybridized carbons (Fsp3) is 0.571. The maximum Gasteiger partial charge on any atom is 0.249 e. The van der Waals surface area contributed by atoms with E-state index in [-0.39, 0.29) is 24.4 Å². The number of aryl methyl sites for hydroxylation is 1. The van der Waals surface area contributed by atoms with Gasteiger partial charge in [0.25, 0.3) is 0 Å². The number of hydrogen-bond acceptors (Lipinski definition) is 5. The number of rotatable bonds is 9. The third-order valence-electron chi connectivity index (χ3n) is 5.35. The minimum Gasteiger partial charge on any atom is -0.391 e. The first kappa shape index (κ1) is 23.2. The van der Waals surface area contributed by atoms with Crippen molar-refractivity contribution < 1.29 is 9.63 Å². The molecule has 1 saturated heterocycles. The van der Waals surface area contributed by atoms with Crippen LogP contribution < -0.4 is 5.73 Å². The van der Waals surface area contributed by atoms with Gasteiger partial charge in [0.1, 0.15) is 6.04 Å². The van der Waals surface area contributed by atoms with Gasteiger partial charge < -0.3 is 20.3 Å². The highest BCUT2D eigenvalue weighted by atomic mass is 35.5. The van der Waals surface area contributed by atoms with Crippen LogP contribution in [-0.2, 0) is 6.42 Å². The average Bonchev–Trinajstić information content (AvgIpc) is 3.32. The molecular weight excluding hydrogens is 390 g/mol. The zero-order chi connectivity index (χ0) is 19.9. The third kappa shape index (κ3) is 6.18. The normalized spacial score (nSPS) is 18.6. The first-order chi connectivity index (χ1) is 13.6. The molecule has 2 heterocycles. The summed E-state index contributed by atoms with van der Waals surface area (Å²) in [5.41, 5.74) is 7.83. The Morgan fingerprint density at radius 1 is 1.21 bits per heavy atom. The Hall–Kier alpha value is -2.12. The molecule has 2 aromatic rings. The lowest BCUT2D eigenvalue weighted by Gasteiger charge is -2.20. The molecule has 7 nitrogen and oxygen atoms in total. The van der Waals surface area contributed by atoms with Gasteiger partial charge in [0.2, 0.25) is 11.7 Å². The highest BCUT2D eigenvalue weighted by molar-refractivity contribution is 5.85. The van der Waals surface area contributed by atoms with Crippen LogP contribution in [0.25, 0.3) is 11.4 Å². The van der Waals surface area contributed by atoms with Gasteiger partial charge in [-0.3, -0.25) is 5.41 Å². The van der Waals surface area contributed by atoms with E-state index in [0.29, 0.717) is 24.7 Å². The van der Waals surface area contributed by atoms with Crippen LogP contribution in [-0.4, -0.2) is 38.8 Å². The summed E-state index contributed by atoms with van der Waals surface area (Å²) in [5, 5.41) is 21.6. The van der Waals surface area contributed by atoms with E-state index < -0.39 is 6.10 Å². The number of β-amino-alcohol motifs (C(OH)–C–C–N with tert-alkyl or cyclic N) is 1. The number of unbranched alkanes of at least 4 members (excludes halogenated alkanes) is 5. The van der Waals surface area contributed by atoms with E-state index in [1.54, 1.807) is 4.90 Å². The topological polar surface area (TPSA) is 112 Å². The van der Waals surface area contributed by atoms with Crippen molar-refractivity contribution in [3.8, 4) is 11.4 Å². The molecule has 1 aliphatic heterocycles. The van der Waals surface area contributed by atoms with Gasteiger partial charge in [-0.1, -0.05) is 68.4 Å². The first-order valence-electron chi connectivity index (χ1n) is 10.3.